The van der Waals surface area contributed by atoms with Crippen LogP contribution in [0, 0.1) is 45.2 Å². The Morgan fingerprint density at radius 1 is 0.734 bits per heavy atom. The molecule has 0 N–H and O–H groups in total. The van der Waals surface area contributed by atoms with Crippen molar-refractivity contribution in [2.24, 2.45) is 10.4 Å². The van der Waals surface area contributed by atoms with Crippen LogP contribution in [-0.4, -0.2) is 35.6 Å². The van der Waals surface area contributed by atoms with E-state index in [4.69, 9.17) is 24.7 Å². The van der Waals surface area contributed by atoms with Crippen molar-refractivity contribution >= 4 is 49.8 Å². The third-order valence-electron chi connectivity index (χ3n) is 13.6. The number of aliphatic imine (C=N–C) groups is 1. The molecule has 1 aliphatic carbocycles. The zero-order valence-electron chi connectivity index (χ0n) is 40.2. The fourth-order valence-electron chi connectivity index (χ4n) is 10.1. The smallest absolute Gasteiger partial charge is 0.510 e. The minimum absolute atomic E-state index is 0. The summed E-state index contributed by atoms with van der Waals surface area (Å²) in [5.74, 6) is 0.353. The molecule has 64 heavy (non-hydrogen) atoms. The van der Waals surface area contributed by atoms with Crippen molar-refractivity contribution in [2.75, 3.05) is 0 Å². The van der Waals surface area contributed by atoms with Crippen molar-refractivity contribution in [1.82, 2.24) is 24.1 Å². The maximum atomic E-state index is 9.88. The maximum absolute atomic E-state index is 9.88. The Kier molecular flexibility index (Phi) is 8.86. The van der Waals surface area contributed by atoms with Gasteiger partial charge in [-0.15, -0.1) is 29.8 Å². The molecule has 0 amide bonds. The molecule has 9 aromatic rings. The van der Waals surface area contributed by atoms with Crippen LogP contribution in [0.2, 0.25) is 0 Å². The van der Waals surface area contributed by atoms with E-state index in [1.807, 2.05) is 65.9 Å². The van der Waals surface area contributed by atoms with Gasteiger partial charge in [-0.2, -0.15) is 0 Å². The first-order chi connectivity index (χ1) is 30.7. The third-order valence-corrected chi connectivity index (χ3v) is 13.6. The second-order valence-corrected chi connectivity index (χ2v) is 19.9. The summed E-state index contributed by atoms with van der Waals surface area (Å²) in [6.45, 7) is 22.9. The minimum atomic E-state index is -1.92. The van der Waals surface area contributed by atoms with Crippen LogP contribution in [0.3, 0.4) is 0 Å². The summed E-state index contributed by atoms with van der Waals surface area (Å²) >= 11 is 0. The van der Waals surface area contributed by atoms with Crippen molar-refractivity contribution < 1.29 is 28.5 Å². The number of hydrogen-bond acceptors (Lipinski definition) is 5. The number of fused-ring (bicyclic) bond motifs is 9. The molecular formula is C56H52N6OPt. The summed E-state index contributed by atoms with van der Waals surface area (Å²) in [5, 5.41) is 3.17. The summed E-state index contributed by atoms with van der Waals surface area (Å²) in [6, 6.07) is 41.7. The van der Waals surface area contributed by atoms with Crippen molar-refractivity contribution in [2.45, 2.75) is 99.1 Å². The molecule has 7 nitrogen and oxygen atoms in total. The van der Waals surface area contributed by atoms with E-state index in [0.717, 1.165) is 94.5 Å². The number of ether oxygens (including phenoxy) is 1. The van der Waals surface area contributed by atoms with Crippen LogP contribution in [0.5, 0.6) is 0 Å². The molecule has 1 aliphatic heterocycles. The summed E-state index contributed by atoms with van der Waals surface area (Å²) in [6.07, 6.45) is -0.0687. The van der Waals surface area contributed by atoms with Gasteiger partial charge < -0.3 is 18.9 Å². The number of benzene rings is 4. The van der Waals surface area contributed by atoms with Gasteiger partial charge in [0.15, 0.2) is 0 Å². The van der Waals surface area contributed by atoms with Crippen molar-refractivity contribution in [3.8, 4) is 22.5 Å². The van der Waals surface area contributed by atoms with E-state index in [0.29, 0.717) is 22.7 Å². The summed E-state index contributed by atoms with van der Waals surface area (Å²) in [4.78, 5) is 20.9. The topological polar surface area (TPSA) is 70.1 Å². The minimum Gasteiger partial charge on any atom is -0.510 e. The molecule has 2 atom stereocenters. The molecule has 0 radical (unpaired) electrons. The van der Waals surface area contributed by atoms with E-state index in [1.54, 1.807) is 0 Å². The van der Waals surface area contributed by atoms with E-state index in [2.05, 4.69) is 135 Å². The molecule has 11 rings (SSSR count). The Labute approximate surface area is 392 Å². The van der Waals surface area contributed by atoms with Crippen LogP contribution < -0.4 is 0 Å². The van der Waals surface area contributed by atoms with Gasteiger partial charge >= 0.3 is 21.1 Å². The molecule has 0 fully saturated rings. The van der Waals surface area contributed by atoms with Crippen molar-refractivity contribution in [3.05, 3.63) is 160 Å². The van der Waals surface area contributed by atoms with Gasteiger partial charge in [0.2, 0.25) is 0 Å². The molecular weight excluding hydrogens is 968 g/mol. The quantitative estimate of drug-likeness (QED) is 0.165. The number of aromatic nitrogens is 5. The molecule has 322 valence electrons. The molecule has 6 heterocycles. The average molecular weight is 1020 g/mol. The van der Waals surface area contributed by atoms with E-state index >= 15 is 0 Å². The molecule has 2 aliphatic rings. The van der Waals surface area contributed by atoms with Crippen LogP contribution in [-0.2, 0) is 43.1 Å². The number of nitrogens with zero attached hydrogens (tertiary/aromatic N) is 6. The van der Waals surface area contributed by atoms with Gasteiger partial charge in [-0.1, -0.05) is 120 Å². The zero-order valence-corrected chi connectivity index (χ0v) is 40.5. The van der Waals surface area contributed by atoms with E-state index in [-0.39, 0.29) is 26.5 Å². The van der Waals surface area contributed by atoms with Crippen LogP contribution in [0.15, 0.2) is 108 Å². The molecule has 0 saturated heterocycles. The van der Waals surface area contributed by atoms with E-state index in [9.17, 15) is 2.74 Å². The first-order valence-electron chi connectivity index (χ1n) is 22.9. The van der Waals surface area contributed by atoms with Gasteiger partial charge in [0.1, 0.15) is 22.7 Å². The largest absolute Gasteiger partial charge is 2.00 e. The van der Waals surface area contributed by atoms with Gasteiger partial charge in [-0.3, -0.25) is 9.98 Å². The zero-order chi connectivity index (χ0) is 45.7. The monoisotopic (exact) mass is 1020 g/mol. The molecule has 8 heteroatoms. The number of rotatable bonds is 4. The second kappa shape index (κ2) is 14.3. The predicted molar refractivity (Wildman–Crippen MR) is 257 cm³/mol. The van der Waals surface area contributed by atoms with E-state index < -0.39 is 22.9 Å². The van der Waals surface area contributed by atoms with Crippen molar-refractivity contribution in [1.29, 1.82) is 0 Å². The van der Waals surface area contributed by atoms with Gasteiger partial charge in [0.25, 0.3) is 0 Å². The Hall–Kier alpha value is -5.91. The Balaban J connectivity index is 0.00000511. The Morgan fingerprint density at radius 3 is 2.23 bits per heavy atom. The first-order valence-corrected chi connectivity index (χ1v) is 21.9. The molecule has 0 saturated carbocycles. The standard InChI is InChI=1S/C56H52N6O.Pt/c1-32-19-21-46-44(24-32)49-48(30-47(35(4)58-49)62-45-22-20-37(36-16-13-12-14-17-36)28-43(45)42-18-15-23-57-51(42)62)61(46)41-27-38(26-40(29-41)53(5,6)7)52-60-55(11)50-39(25-33(2)34(3)59-50)31-56(55,63-52)54(8,9)10;/h12-26,28-29H,31H2,1-11H3;/q-2;+2/t55-,56-;/m1./s1/i31D2;. The molecule has 0 spiro atoms. The van der Waals surface area contributed by atoms with Gasteiger partial charge in [0, 0.05) is 42.7 Å². The van der Waals surface area contributed by atoms with Crippen LogP contribution >= 0.6 is 0 Å². The van der Waals surface area contributed by atoms with E-state index in [1.165, 1.54) is 0 Å². The fraction of sp³-hybridized carbons (Fsp3) is 0.286. The summed E-state index contributed by atoms with van der Waals surface area (Å²) < 4.78 is 31.4. The molecule has 0 unspecified atom stereocenters. The van der Waals surface area contributed by atoms with Gasteiger partial charge in [0.05, 0.1) is 11.2 Å². The normalized spacial score (nSPS) is 19.6. The number of hydrogen-bond donors (Lipinski definition) is 0. The molecule has 5 aromatic heterocycles. The summed E-state index contributed by atoms with van der Waals surface area (Å²) in [7, 11) is 0. The summed E-state index contributed by atoms with van der Waals surface area (Å²) in [5.41, 5.74) is 11.4. The number of aryl methyl sites for hydroxylation is 4. The maximum Gasteiger partial charge on any atom is 2.00 e. The predicted octanol–water partition coefficient (Wildman–Crippen LogP) is 12.9. The third kappa shape index (κ3) is 6.02. The fourth-order valence-corrected chi connectivity index (χ4v) is 10.1. The van der Waals surface area contributed by atoms with Crippen LogP contribution in [0.4, 0.5) is 0 Å². The number of pyridine rings is 3. The van der Waals surface area contributed by atoms with Gasteiger partial charge in [-0.25, -0.2) is 4.98 Å². The Bertz CT molecular complexity index is 3540. The molecule has 4 aromatic carbocycles. The van der Waals surface area contributed by atoms with Crippen LogP contribution in [0.25, 0.3) is 66.4 Å². The van der Waals surface area contributed by atoms with Crippen LogP contribution in [0.1, 0.15) is 96.1 Å². The average Bonchev–Trinajstić information content (AvgIpc) is 3.92. The Morgan fingerprint density at radius 2 is 1.48 bits per heavy atom. The SMILES string of the molecule is [2H]C1([2H])c2cc(C)c(C)nc2[C@@]2(C)N=C(c3[c-]c(-n4c5[c-]c(-n6c7ccc(-c8ccccc8)cc7c7cccnc76)c(C)nc5c5cc(C)ccc54)cc(C(C)(C)C)c3)O[C@@]12C(C)(C)C.[Pt+2]. The van der Waals surface area contributed by atoms with Gasteiger partial charge in [-0.05, 0) is 113 Å². The van der Waals surface area contributed by atoms with Crippen molar-refractivity contribution in [3.63, 3.8) is 0 Å². The molecule has 0 bridgehead atoms. The second-order valence-electron chi connectivity index (χ2n) is 19.9. The first kappa shape index (κ1) is 39.7.